The molecule has 0 aliphatic heterocycles. The van der Waals surface area contributed by atoms with Crippen molar-refractivity contribution in [2.24, 2.45) is 5.41 Å². The largest absolute Gasteiger partial charge is 0.384 e. The molecule has 21 heavy (non-hydrogen) atoms. The third kappa shape index (κ3) is 4.34. The van der Waals surface area contributed by atoms with E-state index in [0.29, 0.717) is 16.5 Å². The maximum Gasteiger partial charge on any atom is 0.252 e. The van der Waals surface area contributed by atoms with Gasteiger partial charge in [0, 0.05) is 11.6 Å². The van der Waals surface area contributed by atoms with E-state index in [2.05, 4.69) is 31.0 Å². The molecule has 3 nitrogen and oxygen atoms in total. The standard InChI is InChI=1S/C18H23NO2/c1-18(2)11-9-15(10-12-18)19-17(21)16-8-4-3-6-14(16)7-5-13-20/h3-4,6,8,15,20H,9-13H2,1-2H3,(H,19,21). The summed E-state index contributed by atoms with van der Waals surface area (Å²) in [5, 5.41) is 11.9. The zero-order valence-corrected chi connectivity index (χ0v) is 12.8. The predicted molar refractivity (Wildman–Crippen MR) is 83.9 cm³/mol. The number of aliphatic hydroxyl groups is 1. The maximum atomic E-state index is 12.4. The van der Waals surface area contributed by atoms with Crippen molar-refractivity contribution in [3.8, 4) is 11.8 Å². The summed E-state index contributed by atoms with van der Waals surface area (Å²) in [6.07, 6.45) is 4.35. The fraction of sp³-hybridized carbons (Fsp3) is 0.500. The van der Waals surface area contributed by atoms with Crippen LogP contribution in [0.25, 0.3) is 0 Å². The lowest BCUT2D eigenvalue weighted by atomic mass is 9.75. The average molecular weight is 285 g/mol. The van der Waals surface area contributed by atoms with Gasteiger partial charge >= 0.3 is 0 Å². The van der Waals surface area contributed by atoms with E-state index < -0.39 is 0 Å². The smallest absolute Gasteiger partial charge is 0.252 e. The van der Waals surface area contributed by atoms with Gasteiger partial charge in [0.2, 0.25) is 0 Å². The number of nitrogens with one attached hydrogen (secondary N) is 1. The summed E-state index contributed by atoms with van der Waals surface area (Å²) in [7, 11) is 0. The van der Waals surface area contributed by atoms with Crippen molar-refractivity contribution in [1.29, 1.82) is 0 Å². The van der Waals surface area contributed by atoms with Gasteiger partial charge in [-0.05, 0) is 43.2 Å². The van der Waals surface area contributed by atoms with Gasteiger partial charge in [0.25, 0.3) is 5.91 Å². The van der Waals surface area contributed by atoms with Crippen molar-refractivity contribution in [3.05, 3.63) is 35.4 Å². The highest BCUT2D eigenvalue weighted by Gasteiger charge is 2.27. The van der Waals surface area contributed by atoms with Crippen LogP contribution in [0.1, 0.15) is 55.5 Å². The van der Waals surface area contributed by atoms with Gasteiger partial charge < -0.3 is 10.4 Å². The molecule has 1 amide bonds. The molecule has 1 aliphatic rings. The van der Waals surface area contributed by atoms with Crippen molar-refractivity contribution in [2.45, 2.75) is 45.6 Å². The number of carbonyl (C=O) groups excluding carboxylic acids is 1. The first-order valence-corrected chi connectivity index (χ1v) is 7.51. The Balaban J connectivity index is 2.04. The molecule has 0 bridgehead atoms. The van der Waals surface area contributed by atoms with E-state index >= 15 is 0 Å². The third-order valence-electron chi connectivity index (χ3n) is 4.15. The second-order valence-corrected chi connectivity index (χ2v) is 6.42. The Morgan fingerprint density at radius 3 is 2.67 bits per heavy atom. The van der Waals surface area contributed by atoms with Gasteiger partial charge in [-0.3, -0.25) is 4.79 Å². The first-order valence-electron chi connectivity index (χ1n) is 7.51. The number of amides is 1. The van der Waals surface area contributed by atoms with Gasteiger partial charge in [0.15, 0.2) is 0 Å². The normalized spacial score (nSPS) is 17.7. The lowest BCUT2D eigenvalue weighted by molar-refractivity contribution is 0.0909. The first kappa shape index (κ1) is 15.6. The van der Waals surface area contributed by atoms with E-state index in [1.165, 1.54) is 0 Å². The molecule has 0 radical (unpaired) electrons. The fourth-order valence-electron chi connectivity index (χ4n) is 2.73. The van der Waals surface area contributed by atoms with Crippen LogP contribution in [-0.4, -0.2) is 23.7 Å². The van der Waals surface area contributed by atoms with Gasteiger partial charge in [-0.25, -0.2) is 0 Å². The molecule has 3 heteroatoms. The monoisotopic (exact) mass is 285 g/mol. The molecule has 2 N–H and O–H groups in total. The first-order chi connectivity index (χ1) is 10.0. The van der Waals surface area contributed by atoms with E-state index in [-0.39, 0.29) is 18.6 Å². The van der Waals surface area contributed by atoms with E-state index in [9.17, 15) is 4.79 Å². The Hall–Kier alpha value is -1.79. The zero-order valence-electron chi connectivity index (χ0n) is 12.8. The second-order valence-electron chi connectivity index (χ2n) is 6.42. The molecule has 112 valence electrons. The van der Waals surface area contributed by atoms with Gasteiger partial charge in [0.1, 0.15) is 6.61 Å². The summed E-state index contributed by atoms with van der Waals surface area (Å²) in [6, 6.07) is 7.53. The molecule has 0 heterocycles. The van der Waals surface area contributed by atoms with Crippen molar-refractivity contribution in [2.75, 3.05) is 6.61 Å². The van der Waals surface area contributed by atoms with Crippen LogP contribution in [-0.2, 0) is 0 Å². The second kappa shape index (κ2) is 6.78. The molecule has 0 spiro atoms. The van der Waals surface area contributed by atoms with Crippen LogP contribution in [0, 0.1) is 17.3 Å². The quantitative estimate of drug-likeness (QED) is 0.821. The Morgan fingerprint density at radius 2 is 2.00 bits per heavy atom. The Morgan fingerprint density at radius 1 is 1.33 bits per heavy atom. The minimum atomic E-state index is -0.201. The van der Waals surface area contributed by atoms with Gasteiger partial charge in [-0.15, -0.1) is 0 Å². The molecular weight excluding hydrogens is 262 g/mol. The van der Waals surface area contributed by atoms with Gasteiger partial charge in [0.05, 0.1) is 5.56 Å². The maximum absolute atomic E-state index is 12.4. The summed E-state index contributed by atoms with van der Waals surface area (Å²) in [6.45, 7) is 4.36. The highest BCUT2D eigenvalue weighted by Crippen LogP contribution is 2.35. The van der Waals surface area contributed by atoms with Crippen LogP contribution < -0.4 is 5.32 Å². The molecule has 2 rings (SSSR count). The number of benzene rings is 1. The van der Waals surface area contributed by atoms with Crippen LogP contribution >= 0.6 is 0 Å². The summed E-state index contributed by atoms with van der Waals surface area (Å²) >= 11 is 0. The van der Waals surface area contributed by atoms with Crippen LogP contribution in [0.2, 0.25) is 0 Å². The van der Waals surface area contributed by atoms with E-state index in [4.69, 9.17) is 5.11 Å². The fourth-order valence-corrected chi connectivity index (χ4v) is 2.73. The minimum Gasteiger partial charge on any atom is -0.384 e. The highest BCUT2D eigenvalue weighted by molar-refractivity contribution is 5.96. The lowest BCUT2D eigenvalue weighted by Crippen LogP contribution is -2.39. The number of carbonyl (C=O) groups is 1. The lowest BCUT2D eigenvalue weighted by Gasteiger charge is -2.34. The number of hydrogen-bond acceptors (Lipinski definition) is 2. The van der Waals surface area contributed by atoms with Crippen molar-refractivity contribution in [3.63, 3.8) is 0 Å². The van der Waals surface area contributed by atoms with Crippen molar-refractivity contribution >= 4 is 5.91 Å². The minimum absolute atomic E-state index is 0.0671. The molecule has 1 aromatic carbocycles. The molecule has 0 saturated heterocycles. The molecular formula is C18H23NO2. The van der Waals surface area contributed by atoms with E-state index in [1.54, 1.807) is 6.07 Å². The highest BCUT2D eigenvalue weighted by atomic mass is 16.2. The average Bonchev–Trinajstić information content (AvgIpc) is 2.47. The summed E-state index contributed by atoms with van der Waals surface area (Å²) in [5.74, 6) is 5.37. The van der Waals surface area contributed by atoms with Crippen LogP contribution in [0.5, 0.6) is 0 Å². The molecule has 0 atom stereocenters. The van der Waals surface area contributed by atoms with Gasteiger partial charge in [-0.2, -0.15) is 0 Å². The van der Waals surface area contributed by atoms with Crippen molar-refractivity contribution in [1.82, 2.24) is 5.32 Å². The SMILES string of the molecule is CC1(C)CCC(NC(=O)c2ccccc2C#CCO)CC1. The summed E-state index contributed by atoms with van der Waals surface area (Å²) in [5.41, 5.74) is 1.65. The Labute approximate surface area is 126 Å². The summed E-state index contributed by atoms with van der Waals surface area (Å²) < 4.78 is 0. The predicted octanol–water partition coefficient (Wildman–Crippen LogP) is 2.73. The molecule has 1 fully saturated rings. The Kier molecular flexibility index (Phi) is 5.03. The zero-order chi connectivity index (χ0) is 15.3. The molecule has 0 aromatic heterocycles. The van der Waals surface area contributed by atoms with Crippen LogP contribution in [0.4, 0.5) is 0 Å². The van der Waals surface area contributed by atoms with Gasteiger partial charge in [-0.1, -0.05) is 37.8 Å². The number of aliphatic hydroxyl groups excluding tert-OH is 1. The molecule has 0 unspecified atom stereocenters. The van der Waals surface area contributed by atoms with Crippen LogP contribution in [0.3, 0.4) is 0 Å². The van der Waals surface area contributed by atoms with Crippen LogP contribution in [0.15, 0.2) is 24.3 Å². The topological polar surface area (TPSA) is 49.3 Å². The number of hydrogen-bond donors (Lipinski definition) is 2. The number of rotatable bonds is 2. The van der Waals surface area contributed by atoms with Crippen molar-refractivity contribution < 1.29 is 9.90 Å². The molecule has 1 aromatic rings. The summed E-state index contributed by atoms with van der Waals surface area (Å²) in [4.78, 5) is 12.4. The molecule has 1 aliphatic carbocycles. The Bertz CT molecular complexity index is 556. The van der Waals surface area contributed by atoms with E-state index in [0.717, 1.165) is 25.7 Å². The molecule has 1 saturated carbocycles. The third-order valence-corrected chi connectivity index (χ3v) is 4.15. The van der Waals surface area contributed by atoms with E-state index in [1.807, 2.05) is 18.2 Å².